The van der Waals surface area contributed by atoms with Crippen LogP contribution in [0.15, 0.2) is 24.3 Å². The van der Waals surface area contributed by atoms with Crippen LogP contribution in [0.2, 0.25) is 0 Å². The van der Waals surface area contributed by atoms with Gasteiger partial charge in [-0.2, -0.15) is 8.78 Å². The van der Waals surface area contributed by atoms with Crippen molar-refractivity contribution in [3.05, 3.63) is 24.3 Å². The summed E-state index contributed by atoms with van der Waals surface area (Å²) in [6, 6.07) is 5.78. The highest BCUT2D eigenvalue weighted by molar-refractivity contribution is 5.99. The van der Waals surface area contributed by atoms with Crippen molar-refractivity contribution >= 4 is 11.6 Å². The molecular weight excluding hydrogens is 254 g/mol. The molecule has 0 N–H and O–H groups in total. The molecule has 0 aliphatic rings. The summed E-state index contributed by atoms with van der Waals surface area (Å²) in [6.45, 7) is 0. The summed E-state index contributed by atoms with van der Waals surface area (Å²) in [6.07, 6.45) is -4.05. The van der Waals surface area contributed by atoms with E-state index in [-0.39, 0.29) is 11.4 Å². The quantitative estimate of drug-likeness (QED) is 0.783. The third kappa shape index (κ3) is 2.55. The Morgan fingerprint density at radius 3 is 2.39 bits per heavy atom. The van der Waals surface area contributed by atoms with Crippen molar-refractivity contribution < 1.29 is 27.1 Å². The van der Waals surface area contributed by atoms with Crippen LogP contribution in [-0.4, -0.2) is 32.4 Å². The molecule has 1 aromatic rings. The summed E-state index contributed by atoms with van der Waals surface area (Å²) in [5.41, 5.74) is -0.00896. The first kappa shape index (κ1) is 14.3. The van der Waals surface area contributed by atoms with E-state index in [0.717, 1.165) is 7.05 Å². The normalized spacial score (nSPS) is 11.5. The molecule has 0 unspecified atom stereocenters. The second kappa shape index (κ2) is 5.24. The number of ether oxygens (including phenoxy) is 1. The number of nitrogens with zero attached hydrogens (tertiary/aromatic N) is 1. The predicted octanol–water partition coefficient (Wildman–Crippen LogP) is 2.56. The van der Waals surface area contributed by atoms with E-state index in [1.54, 1.807) is 6.07 Å². The minimum absolute atomic E-state index is 0.00896. The highest BCUT2D eigenvalue weighted by Crippen LogP contribution is 2.31. The van der Waals surface area contributed by atoms with Gasteiger partial charge in [0, 0.05) is 7.05 Å². The van der Waals surface area contributed by atoms with Crippen LogP contribution >= 0.6 is 0 Å². The van der Waals surface area contributed by atoms with Crippen molar-refractivity contribution in [1.29, 1.82) is 0 Å². The van der Waals surface area contributed by atoms with Crippen molar-refractivity contribution in [2.45, 2.75) is 12.3 Å². The van der Waals surface area contributed by atoms with Gasteiger partial charge in [0.2, 0.25) is 0 Å². The van der Waals surface area contributed by atoms with Crippen molar-refractivity contribution in [3.63, 3.8) is 0 Å². The summed E-state index contributed by atoms with van der Waals surface area (Å²) in [5.74, 6) is -6.57. The predicted molar refractivity (Wildman–Crippen MR) is 57.4 cm³/mol. The van der Waals surface area contributed by atoms with E-state index in [9.17, 15) is 22.4 Å². The van der Waals surface area contributed by atoms with Gasteiger partial charge in [-0.15, -0.1) is 0 Å². The van der Waals surface area contributed by atoms with E-state index in [1.165, 1.54) is 25.3 Å². The smallest absolute Gasteiger partial charge is 0.384 e. The van der Waals surface area contributed by atoms with Crippen LogP contribution in [-0.2, 0) is 4.79 Å². The van der Waals surface area contributed by atoms with E-state index in [2.05, 4.69) is 0 Å². The highest BCUT2D eigenvalue weighted by atomic mass is 19.3. The summed E-state index contributed by atoms with van der Waals surface area (Å²) in [5, 5.41) is 0. The molecule has 0 radical (unpaired) electrons. The minimum atomic E-state index is -4.73. The molecular formula is C11H11F4NO2. The Morgan fingerprint density at radius 2 is 1.89 bits per heavy atom. The Bertz CT molecular complexity index is 437. The van der Waals surface area contributed by atoms with Crippen LogP contribution in [0.5, 0.6) is 5.75 Å². The average molecular weight is 265 g/mol. The van der Waals surface area contributed by atoms with Gasteiger partial charge < -0.3 is 9.64 Å². The number of hydrogen-bond acceptors (Lipinski definition) is 2. The maximum atomic E-state index is 12.9. The lowest BCUT2D eigenvalue weighted by Crippen LogP contribution is -2.46. The zero-order valence-electron chi connectivity index (χ0n) is 9.66. The third-order valence-electron chi connectivity index (χ3n) is 2.31. The van der Waals surface area contributed by atoms with Gasteiger partial charge in [0.1, 0.15) is 5.75 Å². The summed E-state index contributed by atoms with van der Waals surface area (Å²) in [4.78, 5) is 11.8. The Labute approximate surface area is 101 Å². The van der Waals surface area contributed by atoms with Gasteiger partial charge in [0.15, 0.2) is 0 Å². The van der Waals surface area contributed by atoms with Crippen LogP contribution in [0.4, 0.5) is 23.2 Å². The number of para-hydroxylation sites is 2. The fourth-order valence-corrected chi connectivity index (χ4v) is 1.33. The van der Waals surface area contributed by atoms with Crippen molar-refractivity contribution in [2.75, 3.05) is 19.1 Å². The number of halogens is 4. The van der Waals surface area contributed by atoms with Gasteiger partial charge in [0.25, 0.3) is 0 Å². The first-order valence-corrected chi connectivity index (χ1v) is 4.89. The summed E-state index contributed by atoms with van der Waals surface area (Å²) in [7, 11) is 2.26. The first-order chi connectivity index (χ1) is 8.32. The lowest BCUT2D eigenvalue weighted by atomic mass is 10.2. The first-order valence-electron chi connectivity index (χ1n) is 4.89. The fraction of sp³-hybridized carbons (Fsp3) is 0.364. The Balaban J connectivity index is 3.07. The fourth-order valence-electron chi connectivity index (χ4n) is 1.33. The molecule has 0 spiro atoms. The number of methoxy groups -OCH3 is 1. The molecule has 1 rings (SSSR count). The lowest BCUT2D eigenvalue weighted by Gasteiger charge is -2.24. The van der Waals surface area contributed by atoms with Crippen LogP contribution in [0.1, 0.15) is 0 Å². The molecule has 0 saturated carbocycles. The van der Waals surface area contributed by atoms with Gasteiger partial charge in [0.05, 0.1) is 12.8 Å². The van der Waals surface area contributed by atoms with E-state index in [4.69, 9.17) is 4.74 Å². The van der Waals surface area contributed by atoms with Crippen molar-refractivity contribution in [2.24, 2.45) is 0 Å². The number of carbonyl (C=O) groups is 1. The molecule has 1 amide bonds. The maximum absolute atomic E-state index is 12.9. The molecule has 0 fully saturated rings. The molecule has 0 atom stereocenters. The molecule has 3 nitrogen and oxygen atoms in total. The SMILES string of the molecule is COc1ccccc1N(C)C(=O)C(F)(F)C(F)F. The molecule has 0 bridgehead atoms. The largest absolute Gasteiger partial charge is 0.495 e. The Morgan fingerprint density at radius 1 is 1.33 bits per heavy atom. The number of rotatable bonds is 4. The van der Waals surface area contributed by atoms with Crippen LogP contribution in [0.3, 0.4) is 0 Å². The van der Waals surface area contributed by atoms with Gasteiger partial charge in [-0.05, 0) is 12.1 Å². The molecule has 0 aliphatic carbocycles. The number of carbonyl (C=O) groups excluding carboxylic acids is 1. The molecule has 0 saturated heterocycles. The molecule has 100 valence electrons. The monoisotopic (exact) mass is 265 g/mol. The van der Waals surface area contributed by atoms with Crippen molar-refractivity contribution in [1.82, 2.24) is 0 Å². The van der Waals surface area contributed by atoms with Gasteiger partial charge >= 0.3 is 18.3 Å². The van der Waals surface area contributed by atoms with Crippen LogP contribution < -0.4 is 9.64 Å². The second-order valence-electron chi connectivity index (χ2n) is 3.46. The zero-order chi connectivity index (χ0) is 13.9. The number of benzene rings is 1. The van der Waals surface area contributed by atoms with Gasteiger partial charge in [-0.1, -0.05) is 12.1 Å². The summed E-state index contributed by atoms with van der Waals surface area (Å²) >= 11 is 0. The Hall–Kier alpha value is -1.79. The van der Waals surface area contributed by atoms with Gasteiger partial charge in [-0.3, -0.25) is 4.79 Å². The zero-order valence-corrected chi connectivity index (χ0v) is 9.66. The molecule has 0 aromatic heterocycles. The lowest BCUT2D eigenvalue weighted by molar-refractivity contribution is -0.166. The maximum Gasteiger partial charge on any atom is 0.384 e. The molecule has 18 heavy (non-hydrogen) atoms. The topological polar surface area (TPSA) is 29.5 Å². The van der Waals surface area contributed by atoms with Gasteiger partial charge in [-0.25, -0.2) is 8.78 Å². The summed E-state index contributed by atoms with van der Waals surface area (Å²) < 4.78 is 54.9. The molecule has 0 aliphatic heterocycles. The molecule has 1 aromatic carbocycles. The van der Waals surface area contributed by atoms with Crippen LogP contribution in [0, 0.1) is 0 Å². The third-order valence-corrected chi connectivity index (χ3v) is 2.31. The number of alkyl halides is 4. The average Bonchev–Trinajstić information content (AvgIpc) is 2.36. The second-order valence-corrected chi connectivity index (χ2v) is 3.46. The van der Waals surface area contributed by atoms with E-state index in [0.29, 0.717) is 4.90 Å². The molecule has 7 heteroatoms. The molecule has 0 heterocycles. The Kier molecular flexibility index (Phi) is 4.15. The van der Waals surface area contributed by atoms with E-state index < -0.39 is 18.3 Å². The van der Waals surface area contributed by atoms with Crippen molar-refractivity contribution in [3.8, 4) is 5.75 Å². The number of hydrogen-bond donors (Lipinski definition) is 0. The van der Waals surface area contributed by atoms with Crippen LogP contribution in [0.25, 0.3) is 0 Å². The number of amides is 1. The standard InChI is InChI=1S/C11H11F4NO2/c1-16(10(17)11(14,15)9(12)13)7-5-3-4-6-8(7)18-2/h3-6,9H,1-2H3. The van der Waals surface area contributed by atoms with E-state index in [1.807, 2.05) is 0 Å². The van der Waals surface area contributed by atoms with E-state index >= 15 is 0 Å². The minimum Gasteiger partial charge on any atom is -0.495 e. The number of anilines is 1. The highest BCUT2D eigenvalue weighted by Gasteiger charge is 2.51.